The zero-order chi connectivity index (χ0) is 23.6. The number of hydrogen-bond acceptors (Lipinski definition) is 4. The van der Waals surface area contributed by atoms with E-state index in [2.05, 4.69) is 31.0 Å². The van der Waals surface area contributed by atoms with E-state index in [0.717, 1.165) is 43.1 Å². The first kappa shape index (κ1) is 24.3. The van der Waals surface area contributed by atoms with Crippen LogP contribution < -0.4 is 14.8 Å². The fourth-order valence-electron chi connectivity index (χ4n) is 3.49. The highest BCUT2D eigenvalue weighted by molar-refractivity contribution is 6.04. The number of nitrogens with one attached hydrogen (secondary N) is 1. The molecule has 1 N–H and O–H groups in total. The maximum atomic E-state index is 12.9. The first-order valence-corrected chi connectivity index (χ1v) is 11.7. The Morgan fingerprint density at radius 1 is 0.909 bits per heavy atom. The van der Waals surface area contributed by atoms with Gasteiger partial charge in [0.05, 0.1) is 0 Å². The Hall–Kier alpha value is -3.31. The Morgan fingerprint density at radius 2 is 1.67 bits per heavy atom. The second-order valence-electron chi connectivity index (χ2n) is 7.94. The third-order valence-corrected chi connectivity index (χ3v) is 5.67. The average Bonchev–Trinajstić information content (AvgIpc) is 2.84. The molecular formula is C28H34N2O3. The number of aryl methyl sites for hydroxylation is 2. The number of hydrogen-bond donors (Lipinski definition) is 1. The Labute approximate surface area is 197 Å². The van der Waals surface area contributed by atoms with Crippen LogP contribution in [0.5, 0.6) is 17.2 Å². The van der Waals surface area contributed by atoms with Crippen molar-refractivity contribution in [2.75, 3.05) is 31.6 Å². The number of rotatable bonds is 11. The maximum Gasteiger partial charge on any atom is 0.255 e. The van der Waals surface area contributed by atoms with E-state index in [1.54, 1.807) is 12.1 Å². The van der Waals surface area contributed by atoms with Gasteiger partial charge in [0.15, 0.2) is 0 Å². The van der Waals surface area contributed by atoms with Crippen LogP contribution in [0.25, 0.3) is 0 Å². The van der Waals surface area contributed by atoms with Crippen LogP contribution in [0.15, 0.2) is 66.7 Å². The van der Waals surface area contributed by atoms with Crippen molar-refractivity contribution in [2.45, 2.75) is 34.1 Å². The third kappa shape index (κ3) is 7.09. The molecule has 3 aromatic rings. The molecule has 3 rings (SSSR count). The molecule has 0 spiro atoms. The van der Waals surface area contributed by atoms with Crippen LogP contribution >= 0.6 is 0 Å². The minimum Gasteiger partial charge on any atom is -0.492 e. The molecule has 1 amide bonds. The predicted molar refractivity (Wildman–Crippen MR) is 135 cm³/mol. The molecule has 0 unspecified atom stereocenters. The van der Waals surface area contributed by atoms with E-state index in [0.29, 0.717) is 23.6 Å². The maximum absolute atomic E-state index is 12.9. The monoisotopic (exact) mass is 445 g/mol. The van der Waals surface area contributed by atoms with Crippen LogP contribution in [0.3, 0.4) is 0 Å². The third-order valence-electron chi connectivity index (χ3n) is 5.67. The van der Waals surface area contributed by atoms with Gasteiger partial charge in [-0.1, -0.05) is 45.0 Å². The molecule has 174 valence electrons. The summed E-state index contributed by atoms with van der Waals surface area (Å²) in [5.41, 5.74) is 3.52. The number of benzene rings is 3. The lowest BCUT2D eigenvalue weighted by molar-refractivity contribution is 0.102. The van der Waals surface area contributed by atoms with Crippen LogP contribution in [-0.2, 0) is 6.42 Å². The molecule has 0 aliphatic heterocycles. The van der Waals surface area contributed by atoms with Crippen molar-refractivity contribution in [1.29, 1.82) is 0 Å². The Morgan fingerprint density at radius 3 is 2.36 bits per heavy atom. The lowest BCUT2D eigenvalue weighted by Gasteiger charge is -2.19. The standard InChI is InChI=1S/C28H34N2O3/c1-5-22-12-15-25(16-13-22)33-26-10-8-9-23(19-26)28(31)29-24-14-11-21(4)27(20-24)32-18-17-30(6-2)7-3/h8-16,19-20H,5-7,17-18H2,1-4H3,(H,29,31)/i5-1. The molecule has 0 aliphatic carbocycles. The highest BCUT2D eigenvalue weighted by atomic mass is 16.5. The van der Waals surface area contributed by atoms with Gasteiger partial charge in [-0.25, -0.2) is 0 Å². The van der Waals surface area contributed by atoms with Crippen LogP contribution in [0.1, 0.15) is 42.3 Å². The molecule has 5 heteroatoms. The second-order valence-corrected chi connectivity index (χ2v) is 7.94. The molecule has 0 saturated heterocycles. The Bertz CT molecular complexity index is 1040. The summed E-state index contributed by atoms with van der Waals surface area (Å²) < 4.78 is 11.9. The first-order valence-electron chi connectivity index (χ1n) is 11.7. The number of anilines is 1. The van der Waals surface area contributed by atoms with Crippen molar-refractivity contribution in [1.82, 2.24) is 4.90 Å². The Kier molecular flexibility index (Phi) is 8.90. The molecule has 33 heavy (non-hydrogen) atoms. The number of nitrogens with zero attached hydrogens (tertiary/aromatic N) is 1. The van der Waals surface area contributed by atoms with Gasteiger partial charge < -0.3 is 19.7 Å². The van der Waals surface area contributed by atoms with Gasteiger partial charge in [-0.15, -0.1) is 0 Å². The van der Waals surface area contributed by atoms with Crippen LogP contribution in [0.4, 0.5) is 5.69 Å². The van der Waals surface area contributed by atoms with E-state index in [1.807, 2.05) is 61.5 Å². The number of carbonyl (C=O) groups excluding carboxylic acids is 1. The number of likely N-dealkylation sites (N-methyl/N-ethyl adjacent to an activating group) is 1. The van der Waals surface area contributed by atoms with Crippen molar-refractivity contribution in [2.24, 2.45) is 0 Å². The van der Waals surface area contributed by atoms with Crippen LogP contribution in [0, 0.1) is 6.92 Å². The lowest BCUT2D eigenvalue weighted by atomic mass is 9.84. The van der Waals surface area contributed by atoms with Gasteiger partial charge in [-0.05, 0) is 74.0 Å². The molecule has 0 heterocycles. The van der Waals surface area contributed by atoms with Crippen molar-refractivity contribution in [3.8, 4) is 17.2 Å². The van der Waals surface area contributed by atoms with Gasteiger partial charge >= 0.3 is 0 Å². The summed E-state index contributed by atoms with van der Waals surface area (Å²) in [4.78, 5) is 15.2. The van der Waals surface area contributed by atoms with Crippen molar-refractivity contribution in [3.05, 3.63) is 83.4 Å². The van der Waals surface area contributed by atoms with Crippen LogP contribution in [0.2, 0.25) is 0 Å². The van der Waals surface area contributed by atoms with Crippen LogP contribution in [-0.4, -0.2) is 37.0 Å². The highest BCUT2D eigenvalue weighted by Gasteiger charge is 2.10. The molecule has 0 aliphatic rings. The topological polar surface area (TPSA) is 50.8 Å². The number of carbonyl (C=O) groups is 1. The van der Waals surface area contributed by atoms with Gasteiger partial charge in [-0.3, -0.25) is 4.79 Å². The summed E-state index contributed by atoms with van der Waals surface area (Å²) in [7, 11) is 0. The minimum atomic E-state index is -0.195. The molecule has 0 aromatic heterocycles. The Balaban J connectivity index is 1.64. The van der Waals surface area contributed by atoms with Gasteiger partial charge in [-0.2, -0.15) is 0 Å². The summed E-state index contributed by atoms with van der Waals surface area (Å²) in [6, 6.07) is 20.9. The normalized spacial score (nSPS) is 10.8. The van der Waals surface area contributed by atoms with E-state index in [-0.39, 0.29) is 5.91 Å². The van der Waals surface area contributed by atoms with Crippen molar-refractivity contribution >= 4 is 11.6 Å². The van der Waals surface area contributed by atoms with Crippen molar-refractivity contribution in [3.63, 3.8) is 0 Å². The molecule has 0 bridgehead atoms. The largest absolute Gasteiger partial charge is 0.492 e. The molecule has 5 nitrogen and oxygen atoms in total. The zero-order valence-electron chi connectivity index (χ0n) is 20.1. The SMILES string of the molecule is CCN(CC)CCOc1cc(NC(=O)c2cccc(Oc3ccc([11CH2]C)cc3)c2)ccc1C. The van der Waals surface area contributed by atoms with E-state index < -0.39 is 0 Å². The predicted octanol–water partition coefficient (Wildman–Crippen LogP) is 6.32. The quantitative estimate of drug-likeness (QED) is 0.375. The number of amides is 1. The van der Waals surface area contributed by atoms with E-state index in [9.17, 15) is 4.79 Å². The van der Waals surface area contributed by atoms with E-state index in [4.69, 9.17) is 9.47 Å². The van der Waals surface area contributed by atoms with Gasteiger partial charge in [0.25, 0.3) is 5.91 Å². The highest BCUT2D eigenvalue weighted by Crippen LogP contribution is 2.25. The summed E-state index contributed by atoms with van der Waals surface area (Å²) >= 11 is 0. The second kappa shape index (κ2) is 12.1. The zero-order valence-corrected chi connectivity index (χ0v) is 20.1. The van der Waals surface area contributed by atoms with Gasteiger partial charge in [0.2, 0.25) is 0 Å². The molecule has 3 aromatic carbocycles. The molecule has 0 atom stereocenters. The molecule has 0 saturated carbocycles. The number of ether oxygens (including phenoxy) is 2. The fourth-order valence-corrected chi connectivity index (χ4v) is 3.49. The van der Waals surface area contributed by atoms with Gasteiger partial charge in [0, 0.05) is 23.9 Å². The molecule has 0 radical (unpaired) electrons. The lowest BCUT2D eigenvalue weighted by Crippen LogP contribution is -2.28. The summed E-state index contributed by atoms with van der Waals surface area (Å²) in [6.45, 7) is 11.9. The van der Waals surface area contributed by atoms with Crippen molar-refractivity contribution < 1.29 is 14.3 Å². The van der Waals surface area contributed by atoms with E-state index >= 15 is 0 Å². The summed E-state index contributed by atoms with van der Waals surface area (Å²) in [6.07, 6.45) is 0.984. The molecular weight excluding hydrogens is 411 g/mol. The van der Waals surface area contributed by atoms with Gasteiger partial charge in [0.1, 0.15) is 23.9 Å². The fraction of sp³-hybridized carbons (Fsp3) is 0.321. The summed E-state index contributed by atoms with van der Waals surface area (Å²) in [5.74, 6) is 1.96. The average molecular weight is 446 g/mol. The smallest absolute Gasteiger partial charge is 0.255 e. The minimum absolute atomic E-state index is 0.195. The van der Waals surface area contributed by atoms with E-state index in [1.165, 1.54) is 5.56 Å². The first-order chi connectivity index (χ1) is 16.0. The molecule has 0 fully saturated rings. The summed E-state index contributed by atoms with van der Waals surface area (Å²) in [5, 5.41) is 2.97.